The summed E-state index contributed by atoms with van der Waals surface area (Å²) in [7, 11) is 0. The number of hydrogen-bond donors (Lipinski definition) is 3. The van der Waals surface area contributed by atoms with Crippen molar-refractivity contribution in [1.82, 2.24) is 0 Å². The third kappa shape index (κ3) is 3.76. The number of benzene rings is 2. The lowest BCUT2D eigenvalue weighted by Crippen LogP contribution is -2.22. The van der Waals surface area contributed by atoms with Gasteiger partial charge in [0.25, 0.3) is 11.6 Å². The molecule has 0 saturated heterocycles. The molecular formula is C14H12N4O3S. The SMILES string of the molecule is NC(=O)c1ccccc1NC(=S)Nc1cccc([N+](=O)[O-])c1. The number of nitrogens with two attached hydrogens (primary N) is 1. The second kappa shape index (κ2) is 6.64. The van der Waals surface area contributed by atoms with Gasteiger partial charge in [0.1, 0.15) is 0 Å². The normalized spacial score (nSPS) is 9.82. The predicted octanol–water partition coefficient (Wildman–Crippen LogP) is 2.50. The van der Waals surface area contributed by atoms with Crippen LogP contribution < -0.4 is 16.4 Å². The van der Waals surface area contributed by atoms with Crippen LogP contribution in [0.25, 0.3) is 0 Å². The Morgan fingerprint density at radius 2 is 1.86 bits per heavy atom. The van der Waals surface area contributed by atoms with Crippen LogP contribution in [0.5, 0.6) is 0 Å². The maximum atomic E-state index is 11.3. The summed E-state index contributed by atoms with van der Waals surface area (Å²) in [5, 5.41) is 16.6. The van der Waals surface area contributed by atoms with Gasteiger partial charge in [-0.25, -0.2) is 0 Å². The van der Waals surface area contributed by atoms with E-state index in [-0.39, 0.29) is 10.8 Å². The number of non-ortho nitro benzene ring substituents is 1. The maximum absolute atomic E-state index is 11.3. The molecule has 2 rings (SSSR count). The van der Waals surface area contributed by atoms with Gasteiger partial charge in [-0.05, 0) is 30.4 Å². The number of carbonyl (C=O) groups excluding carboxylic acids is 1. The minimum absolute atomic E-state index is 0.0506. The van der Waals surface area contributed by atoms with Crippen molar-refractivity contribution in [3.8, 4) is 0 Å². The second-order valence-electron chi connectivity index (χ2n) is 4.30. The van der Waals surface area contributed by atoms with Gasteiger partial charge in [0.05, 0.1) is 16.2 Å². The van der Waals surface area contributed by atoms with Crippen molar-refractivity contribution < 1.29 is 9.72 Å². The van der Waals surface area contributed by atoms with Crippen molar-refractivity contribution in [2.24, 2.45) is 5.73 Å². The molecule has 0 atom stereocenters. The number of thiocarbonyl (C=S) groups is 1. The summed E-state index contributed by atoms with van der Waals surface area (Å²) in [4.78, 5) is 21.6. The fraction of sp³-hybridized carbons (Fsp3) is 0. The van der Waals surface area contributed by atoms with Crippen LogP contribution in [0.3, 0.4) is 0 Å². The number of nitro groups is 1. The van der Waals surface area contributed by atoms with Gasteiger partial charge in [-0.1, -0.05) is 18.2 Å². The molecule has 0 fully saturated rings. The van der Waals surface area contributed by atoms with E-state index in [9.17, 15) is 14.9 Å². The van der Waals surface area contributed by atoms with Crippen molar-refractivity contribution >= 4 is 40.3 Å². The largest absolute Gasteiger partial charge is 0.366 e. The van der Waals surface area contributed by atoms with Gasteiger partial charge in [0, 0.05) is 17.8 Å². The number of carbonyl (C=O) groups is 1. The summed E-state index contributed by atoms with van der Waals surface area (Å²) < 4.78 is 0. The Bertz CT molecular complexity index is 748. The number of para-hydroxylation sites is 1. The van der Waals surface area contributed by atoms with E-state index in [0.29, 0.717) is 16.9 Å². The van der Waals surface area contributed by atoms with Crippen molar-refractivity contribution in [2.75, 3.05) is 10.6 Å². The molecule has 0 bridgehead atoms. The van der Waals surface area contributed by atoms with Crippen LogP contribution in [0.1, 0.15) is 10.4 Å². The van der Waals surface area contributed by atoms with E-state index in [1.165, 1.54) is 12.1 Å². The summed E-state index contributed by atoms with van der Waals surface area (Å²) >= 11 is 5.13. The Kier molecular flexibility index (Phi) is 4.64. The van der Waals surface area contributed by atoms with Crippen molar-refractivity contribution in [3.63, 3.8) is 0 Å². The monoisotopic (exact) mass is 316 g/mol. The number of nitrogens with one attached hydrogen (secondary N) is 2. The minimum Gasteiger partial charge on any atom is -0.366 e. The van der Waals surface area contributed by atoms with E-state index in [2.05, 4.69) is 10.6 Å². The van der Waals surface area contributed by atoms with Crippen LogP contribution in [0, 0.1) is 10.1 Å². The first-order valence-corrected chi connectivity index (χ1v) is 6.59. The Morgan fingerprint density at radius 3 is 2.55 bits per heavy atom. The van der Waals surface area contributed by atoms with Gasteiger partial charge in [-0.2, -0.15) is 0 Å². The molecule has 22 heavy (non-hydrogen) atoms. The number of hydrogen-bond acceptors (Lipinski definition) is 4. The van der Waals surface area contributed by atoms with Crippen molar-refractivity contribution in [3.05, 3.63) is 64.2 Å². The van der Waals surface area contributed by atoms with E-state index in [0.717, 1.165) is 0 Å². The molecule has 2 aromatic rings. The first kappa shape index (κ1) is 15.4. The second-order valence-corrected chi connectivity index (χ2v) is 4.70. The van der Waals surface area contributed by atoms with E-state index in [4.69, 9.17) is 18.0 Å². The van der Waals surface area contributed by atoms with Crippen LogP contribution in [-0.4, -0.2) is 15.9 Å². The summed E-state index contributed by atoms with van der Waals surface area (Å²) in [6.45, 7) is 0. The van der Waals surface area contributed by atoms with Crippen LogP contribution >= 0.6 is 12.2 Å². The number of primary amides is 1. The van der Waals surface area contributed by atoms with Crippen molar-refractivity contribution in [1.29, 1.82) is 0 Å². The zero-order valence-electron chi connectivity index (χ0n) is 11.3. The Hall–Kier alpha value is -3.00. The zero-order chi connectivity index (χ0) is 16.1. The third-order valence-corrected chi connectivity index (χ3v) is 2.96. The molecule has 0 aromatic heterocycles. The first-order valence-electron chi connectivity index (χ1n) is 6.18. The van der Waals surface area contributed by atoms with Crippen LogP contribution in [0.15, 0.2) is 48.5 Å². The molecule has 4 N–H and O–H groups in total. The van der Waals surface area contributed by atoms with Gasteiger partial charge in [-0.3, -0.25) is 14.9 Å². The molecule has 0 unspecified atom stereocenters. The number of rotatable bonds is 4. The van der Waals surface area contributed by atoms with Gasteiger partial charge in [0.2, 0.25) is 0 Å². The molecule has 112 valence electrons. The number of nitro benzene ring substituents is 1. The lowest BCUT2D eigenvalue weighted by atomic mass is 10.1. The molecule has 0 spiro atoms. The topological polar surface area (TPSA) is 110 Å². The van der Waals surface area contributed by atoms with E-state index < -0.39 is 10.8 Å². The van der Waals surface area contributed by atoms with Crippen LogP contribution in [0.4, 0.5) is 17.1 Å². The van der Waals surface area contributed by atoms with E-state index in [1.807, 2.05) is 0 Å². The lowest BCUT2D eigenvalue weighted by molar-refractivity contribution is -0.384. The Labute approximate surface area is 131 Å². The van der Waals surface area contributed by atoms with E-state index in [1.54, 1.807) is 36.4 Å². The predicted molar refractivity (Wildman–Crippen MR) is 87.9 cm³/mol. The molecule has 7 nitrogen and oxygen atoms in total. The quantitative estimate of drug-likeness (QED) is 0.454. The van der Waals surface area contributed by atoms with Crippen LogP contribution in [-0.2, 0) is 0 Å². The highest BCUT2D eigenvalue weighted by molar-refractivity contribution is 7.80. The molecule has 2 aromatic carbocycles. The van der Waals surface area contributed by atoms with E-state index >= 15 is 0 Å². The molecule has 0 saturated carbocycles. The molecule has 0 aliphatic rings. The summed E-state index contributed by atoms with van der Waals surface area (Å²) in [6, 6.07) is 12.6. The average molecular weight is 316 g/mol. The fourth-order valence-corrected chi connectivity index (χ4v) is 2.02. The highest BCUT2D eigenvalue weighted by Gasteiger charge is 2.10. The van der Waals surface area contributed by atoms with Gasteiger partial charge < -0.3 is 16.4 Å². The van der Waals surface area contributed by atoms with Gasteiger partial charge in [-0.15, -0.1) is 0 Å². The maximum Gasteiger partial charge on any atom is 0.271 e. The number of nitrogens with zero attached hydrogens (tertiary/aromatic N) is 1. The fourth-order valence-electron chi connectivity index (χ4n) is 1.79. The minimum atomic E-state index is -0.582. The molecule has 1 amide bonds. The lowest BCUT2D eigenvalue weighted by Gasteiger charge is -2.12. The molecule has 0 radical (unpaired) electrons. The molecule has 0 aliphatic carbocycles. The summed E-state index contributed by atoms with van der Waals surface area (Å²) in [5.74, 6) is -0.582. The highest BCUT2D eigenvalue weighted by atomic mass is 32.1. The van der Waals surface area contributed by atoms with Gasteiger partial charge >= 0.3 is 0 Å². The molecular weight excluding hydrogens is 304 g/mol. The molecule has 8 heteroatoms. The van der Waals surface area contributed by atoms with Gasteiger partial charge in [0.15, 0.2) is 5.11 Å². The highest BCUT2D eigenvalue weighted by Crippen LogP contribution is 2.18. The van der Waals surface area contributed by atoms with Crippen LogP contribution in [0.2, 0.25) is 0 Å². The smallest absolute Gasteiger partial charge is 0.271 e. The standard InChI is InChI=1S/C14H12N4O3S/c15-13(19)11-6-1-2-7-12(11)17-14(22)16-9-4-3-5-10(8-9)18(20)21/h1-8H,(H2,15,19)(H2,16,17,22). The molecule has 0 heterocycles. The third-order valence-electron chi connectivity index (χ3n) is 2.76. The average Bonchev–Trinajstić information content (AvgIpc) is 2.47. The summed E-state index contributed by atoms with van der Waals surface area (Å²) in [6.07, 6.45) is 0. The van der Waals surface area contributed by atoms with Crippen molar-refractivity contribution in [2.45, 2.75) is 0 Å². The number of anilines is 2. The Balaban J connectivity index is 2.12. The number of amides is 1. The zero-order valence-corrected chi connectivity index (χ0v) is 12.1. The summed E-state index contributed by atoms with van der Waals surface area (Å²) in [5.41, 5.74) is 6.44. The first-order chi connectivity index (χ1) is 10.5. The Morgan fingerprint density at radius 1 is 1.14 bits per heavy atom. The molecule has 0 aliphatic heterocycles.